The molecule has 36 heavy (non-hydrogen) atoms. The summed E-state index contributed by atoms with van der Waals surface area (Å²) in [4.78, 5) is 19.3. The number of aryl methyl sites for hydroxylation is 1. The monoisotopic (exact) mass is 488 g/mol. The van der Waals surface area contributed by atoms with Gasteiger partial charge in [0.1, 0.15) is 6.10 Å². The second-order valence-corrected chi connectivity index (χ2v) is 9.93. The second kappa shape index (κ2) is 11.5. The molecule has 0 radical (unpaired) electrons. The van der Waals surface area contributed by atoms with Crippen molar-refractivity contribution in [3.05, 3.63) is 65.9 Å². The number of rotatable bonds is 8. The Morgan fingerprint density at radius 1 is 1.11 bits per heavy atom. The molecule has 0 spiro atoms. The van der Waals surface area contributed by atoms with Crippen LogP contribution in [-0.4, -0.2) is 61.9 Å². The molecule has 190 valence electrons. The first-order valence-corrected chi connectivity index (χ1v) is 13.1. The third kappa shape index (κ3) is 5.46. The molecule has 2 aromatic carbocycles. The quantitative estimate of drug-likeness (QED) is 0.401. The van der Waals surface area contributed by atoms with Crippen LogP contribution in [0.5, 0.6) is 0 Å². The Labute approximate surface area is 213 Å². The summed E-state index contributed by atoms with van der Waals surface area (Å²) < 4.78 is 17.2. The molecule has 0 bridgehead atoms. The van der Waals surface area contributed by atoms with Crippen molar-refractivity contribution in [3.8, 4) is 11.1 Å². The van der Waals surface area contributed by atoms with Crippen LogP contribution in [0.2, 0.25) is 0 Å². The van der Waals surface area contributed by atoms with Crippen LogP contribution in [0.15, 0.2) is 54.7 Å². The number of ether oxygens (including phenoxy) is 3. The molecular weight excluding hydrogens is 452 g/mol. The minimum Gasteiger partial charge on any atom is -0.382 e. The number of hydrogen-bond donors (Lipinski definition) is 0. The van der Waals surface area contributed by atoms with Crippen LogP contribution >= 0.6 is 0 Å². The van der Waals surface area contributed by atoms with E-state index in [0.29, 0.717) is 25.7 Å². The predicted molar refractivity (Wildman–Crippen MR) is 141 cm³/mol. The molecule has 2 aliphatic rings. The number of fused-ring (bicyclic) bond motifs is 1. The highest BCUT2D eigenvalue weighted by atomic mass is 16.5. The van der Waals surface area contributed by atoms with E-state index in [1.54, 1.807) is 7.11 Å². The fraction of sp³-hybridized carbons (Fsp3) is 0.467. The normalized spacial score (nSPS) is 19.6. The lowest BCUT2D eigenvalue weighted by Crippen LogP contribution is -2.44. The van der Waals surface area contributed by atoms with Gasteiger partial charge in [0.25, 0.3) is 5.91 Å². The van der Waals surface area contributed by atoms with Gasteiger partial charge in [-0.15, -0.1) is 0 Å². The average Bonchev–Trinajstić information content (AvgIpc) is 3.46. The van der Waals surface area contributed by atoms with Gasteiger partial charge < -0.3 is 19.1 Å². The highest BCUT2D eigenvalue weighted by molar-refractivity contribution is 5.86. The Hall–Kier alpha value is -2.80. The van der Waals surface area contributed by atoms with Crippen LogP contribution in [0.3, 0.4) is 0 Å². The molecule has 3 aromatic rings. The van der Waals surface area contributed by atoms with Crippen molar-refractivity contribution in [2.24, 2.45) is 5.92 Å². The van der Waals surface area contributed by atoms with Crippen molar-refractivity contribution < 1.29 is 19.0 Å². The second-order valence-electron chi connectivity index (χ2n) is 9.93. The maximum absolute atomic E-state index is 12.8. The van der Waals surface area contributed by atoms with E-state index in [1.165, 1.54) is 22.3 Å². The van der Waals surface area contributed by atoms with Gasteiger partial charge in [0, 0.05) is 38.4 Å². The molecule has 0 aliphatic carbocycles. The number of aromatic nitrogens is 1. The van der Waals surface area contributed by atoms with E-state index in [4.69, 9.17) is 14.2 Å². The average molecular weight is 489 g/mol. The van der Waals surface area contributed by atoms with Gasteiger partial charge in [-0.1, -0.05) is 30.3 Å². The highest BCUT2D eigenvalue weighted by Crippen LogP contribution is 2.36. The van der Waals surface area contributed by atoms with Crippen LogP contribution in [0.1, 0.15) is 42.9 Å². The van der Waals surface area contributed by atoms with Gasteiger partial charge in [-0.05, 0) is 79.0 Å². The standard InChI is InChI=1S/C30H36N2O4/c1-21-19-25-5-3-13-31-27(25)20-26(21)22-7-9-23(10-8-22)29(36-18-17-34-2)24-11-14-32(15-12-24)30(33)28-6-4-16-35-28/h3,5,7-10,13,19-20,24,28-29H,4,6,11-12,14-18H2,1-2H3/t28-,29+/m1/s1. The van der Waals surface area contributed by atoms with E-state index in [-0.39, 0.29) is 18.1 Å². The van der Waals surface area contributed by atoms with Crippen molar-refractivity contribution in [2.75, 3.05) is 40.0 Å². The summed E-state index contributed by atoms with van der Waals surface area (Å²) in [5.41, 5.74) is 5.80. The fourth-order valence-corrected chi connectivity index (χ4v) is 5.56. The molecule has 0 saturated carbocycles. The summed E-state index contributed by atoms with van der Waals surface area (Å²) in [6.45, 7) is 5.48. The minimum absolute atomic E-state index is 0.0199. The molecule has 2 fully saturated rings. The van der Waals surface area contributed by atoms with Crippen LogP contribution in [0.4, 0.5) is 0 Å². The number of piperidine rings is 1. The van der Waals surface area contributed by atoms with Crippen LogP contribution in [0, 0.1) is 12.8 Å². The molecule has 3 heterocycles. The van der Waals surface area contributed by atoms with Crippen molar-refractivity contribution in [3.63, 3.8) is 0 Å². The summed E-state index contributed by atoms with van der Waals surface area (Å²) in [5.74, 6) is 0.514. The largest absolute Gasteiger partial charge is 0.382 e. The third-order valence-electron chi connectivity index (χ3n) is 7.57. The Balaban J connectivity index is 1.31. The topological polar surface area (TPSA) is 60.9 Å². The Kier molecular flexibility index (Phi) is 7.95. The Morgan fingerprint density at radius 3 is 2.64 bits per heavy atom. The zero-order valence-electron chi connectivity index (χ0n) is 21.3. The van der Waals surface area contributed by atoms with Gasteiger partial charge >= 0.3 is 0 Å². The van der Waals surface area contributed by atoms with Crippen LogP contribution in [-0.2, 0) is 19.0 Å². The molecule has 0 N–H and O–H groups in total. The number of carbonyl (C=O) groups is 1. The first-order valence-electron chi connectivity index (χ1n) is 13.1. The molecule has 0 unspecified atom stereocenters. The molecule has 2 aliphatic heterocycles. The van der Waals surface area contributed by atoms with E-state index in [2.05, 4.69) is 54.4 Å². The molecule has 2 atom stereocenters. The Bertz CT molecular complexity index is 1170. The summed E-state index contributed by atoms with van der Waals surface area (Å²) in [6, 6.07) is 17.2. The third-order valence-corrected chi connectivity index (χ3v) is 7.57. The summed E-state index contributed by atoms with van der Waals surface area (Å²) in [6.07, 6.45) is 5.26. The maximum Gasteiger partial charge on any atom is 0.251 e. The lowest BCUT2D eigenvalue weighted by Gasteiger charge is -2.37. The van der Waals surface area contributed by atoms with Crippen LogP contribution in [0.25, 0.3) is 22.0 Å². The lowest BCUT2D eigenvalue weighted by molar-refractivity contribution is -0.143. The van der Waals surface area contributed by atoms with Gasteiger partial charge in [-0.2, -0.15) is 0 Å². The molecular formula is C30H36N2O4. The van der Waals surface area contributed by atoms with E-state index in [0.717, 1.165) is 49.7 Å². The lowest BCUT2D eigenvalue weighted by atomic mass is 9.86. The van der Waals surface area contributed by atoms with Gasteiger partial charge in [0.2, 0.25) is 0 Å². The number of amides is 1. The first kappa shape index (κ1) is 24.9. The number of likely N-dealkylation sites (tertiary alicyclic amines) is 1. The minimum atomic E-state index is -0.239. The number of carbonyl (C=O) groups excluding carboxylic acids is 1. The van der Waals surface area contributed by atoms with E-state index >= 15 is 0 Å². The van der Waals surface area contributed by atoms with Gasteiger partial charge in [-0.25, -0.2) is 0 Å². The number of hydrogen-bond acceptors (Lipinski definition) is 5. The van der Waals surface area contributed by atoms with Crippen LogP contribution < -0.4 is 0 Å². The first-order chi connectivity index (χ1) is 17.6. The SMILES string of the molecule is COCCO[C@@H](c1ccc(-c2cc3ncccc3cc2C)cc1)C1CCN(C(=O)[C@H]2CCCO2)CC1. The number of nitrogens with zero attached hydrogens (tertiary/aromatic N) is 2. The molecule has 6 nitrogen and oxygen atoms in total. The molecule has 1 aromatic heterocycles. The Morgan fingerprint density at radius 2 is 1.92 bits per heavy atom. The predicted octanol–water partition coefficient (Wildman–Crippen LogP) is 5.33. The van der Waals surface area contributed by atoms with E-state index in [1.807, 2.05) is 17.2 Å². The van der Waals surface area contributed by atoms with Crippen molar-refractivity contribution in [1.82, 2.24) is 9.88 Å². The van der Waals surface area contributed by atoms with Gasteiger partial charge in [0.15, 0.2) is 0 Å². The molecule has 6 heteroatoms. The molecule has 2 saturated heterocycles. The smallest absolute Gasteiger partial charge is 0.251 e. The number of benzene rings is 2. The molecule has 1 amide bonds. The summed E-state index contributed by atoms with van der Waals surface area (Å²) in [5, 5.41) is 1.16. The molecule has 5 rings (SSSR count). The maximum atomic E-state index is 12.8. The number of methoxy groups -OCH3 is 1. The van der Waals surface area contributed by atoms with E-state index < -0.39 is 0 Å². The number of pyridine rings is 1. The summed E-state index contributed by atoms with van der Waals surface area (Å²) in [7, 11) is 1.70. The van der Waals surface area contributed by atoms with Gasteiger partial charge in [-0.3, -0.25) is 9.78 Å². The van der Waals surface area contributed by atoms with Gasteiger partial charge in [0.05, 0.1) is 24.8 Å². The highest BCUT2D eigenvalue weighted by Gasteiger charge is 2.34. The van der Waals surface area contributed by atoms with Crippen molar-refractivity contribution >= 4 is 16.8 Å². The zero-order valence-corrected chi connectivity index (χ0v) is 21.3. The van der Waals surface area contributed by atoms with Crippen molar-refractivity contribution in [2.45, 2.75) is 44.8 Å². The summed E-state index contributed by atoms with van der Waals surface area (Å²) >= 11 is 0. The zero-order chi connectivity index (χ0) is 24.9. The fourth-order valence-electron chi connectivity index (χ4n) is 5.56. The van der Waals surface area contributed by atoms with Crippen molar-refractivity contribution in [1.29, 1.82) is 0 Å². The van der Waals surface area contributed by atoms with E-state index in [9.17, 15) is 4.79 Å².